The van der Waals surface area contributed by atoms with Crippen LogP contribution >= 0.6 is 23.7 Å². The summed E-state index contributed by atoms with van der Waals surface area (Å²) in [5, 5.41) is 10.1. The summed E-state index contributed by atoms with van der Waals surface area (Å²) in [4.78, 5) is 10.6. The number of carbonyl (C=O) groups is 1. The molecule has 1 atom stereocenters. The molecule has 176 valence electrons. The zero-order chi connectivity index (χ0) is 23.6. The average molecular weight is 485 g/mol. The molecule has 11 heteroatoms. The highest BCUT2D eigenvalue weighted by Crippen LogP contribution is 2.48. The molecule has 0 radical (unpaired) electrons. The number of thiophene rings is 1. The first kappa shape index (κ1) is 28.9. The van der Waals surface area contributed by atoms with Crippen molar-refractivity contribution in [1.29, 1.82) is 5.26 Å². The third kappa shape index (κ3) is 7.85. The number of nitrogen functional groups attached to an aromatic ring is 1. The van der Waals surface area contributed by atoms with Crippen molar-refractivity contribution in [3.63, 3.8) is 0 Å². The van der Waals surface area contributed by atoms with Gasteiger partial charge in [0, 0.05) is 12.0 Å². The van der Waals surface area contributed by atoms with E-state index in [1.165, 1.54) is 11.3 Å². The molecule has 0 spiro atoms. The molecule has 0 unspecified atom stereocenters. The van der Waals surface area contributed by atoms with Crippen LogP contribution < -0.4 is 36.1 Å². The number of nitriles is 1. The fourth-order valence-electron chi connectivity index (χ4n) is 2.40. The Morgan fingerprint density at radius 3 is 2.16 bits per heavy atom. The van der Waals surface area contributed by atoms with Crippen LogP contribution in [0, 0.1) is 11.3 Å². The second-order valence-corrected chi connectivity index (χ2v) is 7.30. The molecule has 2 aromatic rings. The van der Waals surface area contributed by atoms with Crippen LogP contribution in [0.3, 0.4) is 0 Å². The molecule has 6 N–H and O–H groups in total. The first-order valence-electron chi connectivity index (χ1n) is 9.08. The Labute approximate surface area is 198 Å². The zero-order valence-corrected chi connectivity index (χ0v) is 20.3. The summed E-state index contributed by atoms with van der Waals surface area (Å²) in [5.41, 5.74) is 17.5. The molecule has 0 saturated heterocycles. The number of halogens is 1. The molecule has 9 nitrogen and oxygen atoms in total. The second kappa shape index (κ2) is 14.0. The predicted octanol–water partition coefficient (Wildman–Crippen LogP) is 2.76. The van der Waals surface area contributed by atoms with Crippen LogP contribution in [0.4, 0.5) is 5.69 Å². The van der Waals surface area contributed by atoms with E-state index >= 15 is 0 Å². The minimum absolute atomic E-state index is 0. The maximum absolute atomic E-state index is 9.80. The van der Waals surface area contributed by atoms with Crippen molar-refractivity contribution < 1.29 is 23.7 Å². The number of rotatable bonds is 8. The summed E-state index contributed by atoms with van der Waals surface area (Å²) in [6.45, 7) is 1.54. The van der Waals surface area contributed by atoms with Crippen molar-refractivity contribution in [2.45, 2.75) is 19.4 Å². The average Bonchev–Trinajstić information content (AvgIpc) is 3.09. The van der Waals surface area contributed by atoms with Crippen LogP contribution in [0.1, 0.15) is 17.4 Å². The fourth-order valence-corrected chi connectivity index (χ4v) is 3.47. The molecule has 1 aromatic carbocycles. The van der Waals surface area contributed by atoms with Gasteiger partial charge < -0.3 is 36.1 Å². The van der Waals surface area contributed by atoms with Gasteiger partial charge in [0.2, 0.25) is 16.7 Å². The number of primary amides is 1. The molecule has 0 fully saturated rings. The third-order valence-corrected chi connectivity index (χ3v) is 5.11. The van der Waals surface area contributed by atoms with Crippen LogP contribution in [0.15, 0.2) is 23.8 Å². The number of amides is 1. The zero-order valence-electron chi connectivity index (χ0n) is 18.6. The topological polar surface area (TPSA) is 156 Å². The van der Waals surface area contributed by atoms with Gasteiger partial charge in [0.15, 0.2) is 5.75 Å². The SMILES string of the molecule is COc1ccc(/C=C(/C#N)Cc2sc(OC)c(OC)c2OC)cc1N.C[C@H](N)C(N)=O.Cl. The van der Waals surface area contributed by atoms with Gasteiger partial charge in [-0.3, -0.25) is 4.79 Å². The predicted molar refractivity (Wildman–Crippen MR) is 129 cm³/mol. The Kier molecular flexibility index (Phi) is 12.7. The molecule has 0 bridgehead atoms. The van der Waals surface area contributed by atoms with E-state index in [-0.39, 0.29) is 12.4 Å². The maximum atomic E-state index is 9.80. The highest BCUT2D eigenvalue weighted by atomic mass is 35.5. The largest absolute Gasteiger partial charge is 0.495 e. The Bertz CT molecular complexity index is 970. The number of allylic oxidation sites excluding steroid dienone is 1. The molecular weight excluding hydrogens is 456 g/mol. The normalized spacial score (nSPS) is 11.1. The van der Waals surface area contributed by atoms with Gasteiger partial charge >= 0.3 is 0 Å². The van der Waals surface area contributed by atoms with Crippen LogP contribution in [0.5, 0.6) is 22.3 Å². The molecule has 1 heterocycles. The Morgan fingerprint density at radius 2 is 1.75 bits per heavy atom. The monoisotopic (exact) mass is 484 g/mol. The van der Waals surface area contributed by atoms with Crippen LogP contribution in [-0.2, 0) is 11.2 Å². The molecule has 0 aliphatic heterocycles. The standard InChI is InChI=1S/C18H20N2O4S.C3H8N2O.ClH/c1-21-14-6-5-11(8-13(14)20)7-12(10-19)9-15-16(22-2)17(23-3)18(24-4)25-15;1-2(4)3(5)6;/h5-8H,9,20H2,1-4H3;2H,4H2,1H3,(H2,5,6);1H/b12-7+;;/t;2-;/m.0./s1. The number of carbonyl (C=O) groups excluding carboxylic acids is 1. The molecular formula is C21H29ClN4O5S. The van der Waals surface area contributed by atoms with Crippen molar-refractivity contribution >= 4 is 41.4 Å². The summed E-state index contributed by atoms with van der Waals surface area (Å²) < 4.78 is 21.2. The molecule has 0 aliphatic rings. The van der Waals surface area contributed by atoms with E-state index in [0.29, 0.717) is 40.0 Å². The maximum Gasteiger partial charge on any atom is 0.234 e. The van der Waals surface area contributed by atoms with Gasteiger partial charge in [-0.1, -0.05) is 17.4 Å². The first-order valence-corrected chi connectivity index (χ1v) is 9.90. The number of hydrogen-bond acceptors (Lipinski definition) is 9. The minimum Gasteiger partial charge on any atom is -0.495 e. The third-order valence-electron chi connectivity index (χ3n) is 3.99. The van der Waals surface area contributed by atoms with E-state index < -0.39 is 11.9 Å². The number of nitrogens with two attached hydrogens (primary N) is 3. The van der Waals surface area contributed by atoms with E-state index in [0.717, 1.165) is 10.4 Å². The molecule has 32 heavy (non-hydrogen) atoms. The van der Waals surface area contributed by atoms with E-state index in [4.69, 9.17) is 30.4 Å². The molecule has 0 aliphatic carbocycles. The lowest BCUT2D eigenvalue weighted by Gasteiger charge is -2.06. The Hall–Kier alpha value is -3.13. The number of ether oxygens (including phenoxy) is 4. The van der Waals surface area contributed by atoms with Crippen molar-refractivity contribution in [2.24, 2.45) is 11.5 Å². The molecule has 1 aromatic heterocycles. The lowest BCUT2D eigenvalue weighted by atomic mass is 10.1. The molecule has 1 amide bonds. The number of hydrogen-bond donors (Lipinski definition) is 3. The number of anilines is 1. The summed E-state index contributed by atoms with van der Waals surface area (Å²) in [7, 11) is 6.25. The van der Waals surface area contributed by atoms with Crippen LogP contribution in [0.2, 0.25) is 0 Å². The van der Waals surface area contributed by atoms with Crippen molar-refractivity contribution in [2.75, 3.05) is 34.2 Å². The highest BCUT2D eigenvalue weighted by Gasteiger charge is 2.21. The molecule has 2 rings (SSSR count). The van der Waals surface area contributed by atoms with Gasteiger partial charge in [-0.05, 0) is 30.7 Å². The Balaban J connectivity index is 0.00000121. The van der Waals surface area contributed by atoms with Crippen molar-refractivity contribution in [3.05, 3.63) is 34.2 Å². The minimum atomic E-state index is -0.509. The van der Waals surface area contributed by atoms with Gasteiger partial charge in [0.1, 0.15) is 5.75 Å². The van der Waals surface area contributed by atoms with E-state index in [2.05, 4.69) is 11.8 Å². The highest BCUT2D eigenvalue weighted by molar-refractivity contribution is 7.14. The fraction of sp³-hybridized carbons (Fsp3) is 0.333. The van der Waals surface area contributed by atoms with Crippen molar-refractivity contribution in [3.8, 4) is 28.4 Å². The Morgan fingerprint density at radius 1 is 1.16 bits per heavy atom. The van der Waals surface area contributed by atoms with Crippen LogP contribution in [-0.4, -0.2) is 40.4 Å². The van der Waals surface area contributed by atoms with E-state index in [1.807, 2.05) is 6.07 Å². The summed E-state index contributed by atoms with van der Waals surface area (Å²) in [6, 6.07) is 7.10. The summed E-state index contributed by atoms with van der Waals surface area (Å²) in [5.74, 6) is 1.26. The lowest BCUT2D eigenvalue weighted by molar-refractivity contribution is -0.118. The van der Waals surface area contributed by atoms with Crippen molar-refractivity contribution in [1.82, 2.24) is 0 Å². The summed E-state index contributed by atoms with van der Waals surface area (Å²) >= 11 is 1.39. The van der Waals surface area contributed by atoms with Crippen LogP contribution in [0.25, 0.3) is 6.08 Å². The molecule has 0 saturated carbocycles. The number of benzene rings is 1. The second-order valence-electron chi connectivity index (χ2n) is 6.23. The number of nitrogens with zero attached hydrogens (tertiary/aromatic N) is 1. The van der Waals surface area contributed by atoms with Gasteiger partial charge in [-0.15, -0.1) is 12.4 Å². The van der Waals surface area contributed by atoms with Gasteiger partial charge in [-0.2, -0.15) is 5.26 Å². The summed E-state index contributed by atoms with van der Waals surface area (Å²) in [6.07, 6.45) is 2.18. The number of methoxy groups -OCH3 is 4. The van der Waals surface area contributed by atoms with Gasteiger partial charge in [0.25, 0.3) is 0 Å². The van der Waals surface area contributed by atoms with Gasteiger partial charge in [-0.25, -0.2) is 0 Å². The smallest absolute Gasteiger partial charge is 0.234 e. The quantitative estimate of drug-likeness (QED) is 0.381. The first-order chi connectivity index (χ1) is 14.7. The van der Waals surface area contributed by atoms with E-state index in [9.17, 15) is 10.1 Å². The van der Waals surface area contributed by atoms with Gasteiger partial charge in [0.05, 0.1) is 51.1 Å². The van der Waals surface area contributed by atoms with E-state index in [1.54, 1.807) is 53.6 Å². The lowest BCUT2D eigenvalue weighted by Crippen LogP contribution is -2.32.